The van der Waals surface area contributed by atoms with Gasteiger partial charge in [-0.15, -0.1) is 11.3 Å². The first-order valence-electron chi connectivity index (χ1n) is 9.59. The van der Waals surface area contributed by atoms with Gasteiger partial charge in [0.05, 0.1) is 11.4 Å². The third kappa shape index (κ3) is 7.16. The SMILES string of the molecule is C/C=C\N=C(C)C(C)=N/C=C(\C)c1cc2ccccc2s1.Cc1cccc(N)c1. The minimum absolute atomic E-state index is 0.838. The minimum atomic E-state index is 0.838. The second kappa shape index (κ2) is 11.1. The predicted octanol–water partition coefficient (Wildman–Crippen LogP) is 7.29. The van der Waals surface area contributed by atoms with Crippen molar-refractivity contribution in [3.05, 3.63) is 83.5 Å². The lowest BCUT2D eigenvalue weighted by Crippen LogP contribution is -2.03. The van der Waals surface area contributed by atoms with E-state index in [0.29, 0.717) is 0 Å². The zero-order valence-electron chi connectivity index (χ0n) is 17.8. The van der Waals surface area contributed by atoms with E-state index in [4.69, 9.17) is 5.73 Å². The van der Waals surface area contributed by atoms with Crippen molar-refractivity contribution in [3.63, 3.8) is 0 Å². The maximum Gasteiger partial charge on any atom is 0.0584 e. The molecule has 3 aromatic rings. The van der Waals surface area contributed by atoms with Crippen LogP contribution in [0.2, 0.25) is 0 Å². The number of aliphatic imine (C=N–C) groups is 2. The molecule has 0 unspecified atom stereocenters. The van der Waals surface area contributed by atoms with E-state index in [-0.39, 0.29) is 0 Å². The van der Waals surface area contributed by atoms with Crippen molar-refractivity contribution in [2.45, 2.75) is 34.6 Å². The average molecular weight is 404 g/mol. The molecule has 0 bridgehead atoms. The molecule has 4 heteroatoms. The van der Waals surface area contributed by atoms with Crippen LogP contribution in [0.15, 0.2) is 83.1 Å². The Kier molecular flexibility index (Phi) is 8.56. The maximum atomic E-state index is 5.46. The molecule has 0 atom stereocenters. The van der Waals surface area contributed by atoms with E-state index in [1.807, 2.05) is 64.2 Å². The quantitative estimate of drug-likeness (QED) is 0.361. The summed E-state index contributed by atoms with van der Waals surface area (Å²) >= 11 is 1.80. The second-order valence-corrected chi connectivity index (χ2v) is 7.87. The zero-order chi connectivity index (χ0) is 21.2. The number of nitrogens with two attached hydrogens (primary N) is 1. The number of hydrogen-bond donors (Lipinski definition) is 1. The Labute approximate surface area is 178 Å². The largest absolute Gasteiger partial charge is 0.399 e. The molecule has 0 saturated heterocycles. The molecule has 2 N–H and O–H groups in total. The highest BCUT2D eigenvalue weighted by Gasteiger charge is 2.02. The molecule has 150 valence electrons. The standard InChI is InChI=1S/C18H20N2S.C7H9N/c1-5-10-19-14(3)15(4)20-12-13(2)18-11-16-8-6-7-9-17(16)21-18;1-6-3-2-4-7(8)5-6/h5-12H,1-4H3;2-5H,8H2,1H3/b10-5-,13-12+,19-14?,20-15?;. The molecule has 1 aromatic heterocycles. The molecule has 2 aromatic carbocycles. The summed E-state index contributed by atoms with van der Waals surface area (Å²) < 4.78 is 1.31. The topological polar surface area (TPSA) is 50.7 Å². The van der Waals surface area contributed by atoms with E-state index < -0.39 is 0 Å². The number of aryl methyl sites for hydroxylation is 1. The Hall–Kier alpha value is -2.98. The van der Waals surface area contributed by atoms with Crippen LogP contribution in [-0.2, 0) is 0 Å². The number of anilines is 1. The summed E-state index contributed by atoms with van der Waals surface area (Å²) in [4.78, 5) is 10.1. The fraction of sp³-hybridized carbons (Fsp3) is 0.200. The summed E-state index contributed by atoms with van der Waals surface area (Å²) in [5.74, 6) is 0. The van der Waals surface area contributed by atoms with Gasteiger partial charge < -0.3 is 5.73 Å². The van der Waals surface area contributed by atoms with Gasteiger partial charge in [0, 0.05) is 27.7 Å². The van der Waals surface area contributed by atoms with Crippen molar-refractivity contribution in [1.29, 1.82) is 0 Å². The number of fused-ring (bicyclic) bond motifs is 1. The molecule has 0 aliphatic rings. The van der Waals surface area contributed by atoms with E-state index in [9.17, 15) is 0 Å². The molecule has 29 heavy (non-hydrogen) atoms. The van der Waals surface area contributed by atoms with E-state index in [2.05, 4.69) is 47.2 Å². The van der Waals surface area contributed by atoms with Crippen molar-refractivity contribution in [2.75, 3.05) is 5.73 Å². The van der Waals surface area contributed by atoms with Crippen LogP contribution in [0.3, 0.4) is 0 Å². The fourth-order valence-electron chi connectivity index (χ4n) is 2.48. The molecule has 0 saturated carbocycles. The molecule has 0 aliphatic carbocycles. The van der Waals surface area contributed by atoms with Gasteiger partial charge in [0.15, 0.2) is 0 Å². The van der Waals surface area contributed by atoms with Crippen molar-refractivity contribution >= 4 is 44.1 Å². The van der Waals surface area contributed by atoms with Crippen molar-refractivity contribution in [3.8, 4) is 0 Å². The highest BCUT2D eigenvalue weighted by Crippen LogP contribution is 2.30. The summed E-state index contributed by atoms with van der Waals surface area (Å²) in [7, 11) is 0. The molecule has 3 rings (SSSR count). The molecule has 3 nitrogen and oxygen atoms in total. The first-order valence-corrected chi connectivity index (χ1v) is 10.4. The van der Waals surface area contributed by atoms with Gasteiger partial charge in [0.1, 0.15) is 0 Å². The molecule has 0 fully saturated rings. The van der Waals surface area contributed by atoms with Gasteiger partial charge in [-0.05, 0) is 75.4 Å². The fourth-order valence-corrected chi connectivity index (χ4v) is 3.50. The van der Waals surface area contributed by atoms with Gasteiger partial charge in [-0.1, -0.05) is 36.4 Å². The van der Waals surface area contributed by atoms with Crippen LogP contribution in [0, 0.1) is 6.92 Å². The van der Waals surface area contributed by atoms with E-state index in [1.165, 1.54) is 26.1 Å². The predicted molar refractivity (Wildman–Crippen MR) is 132 cm³/mol. The molecule has 0 spiro atoms. The molecule has 1 heterocycles. The van der Waals surface area contributed by atoms with Gasteiger partial charge in [-0.3, -0.25) is 9.98 Å². The Bertz CT molecular complexity index is 1020. The van der Waals surface area contributed by atoms with Crippen LogP contribution < -0.4 is 5.73 Å². The lowest BCUT2D eigenvalue weighted by molar-refractivity contribution is 1.47. The van der Waals surface area contributed by atoms with E-state index in [1.54, 1.807) is 17.5 Å². The third-order valence-electron chi connectivity index (χ3n) is 4.25. The highest BCUT2D eigenvalue weighted by atomic mass is 32.1. The number of nitrogens with zero attached hydrogens (tertiary/aromatic N) is 2. The Morgan fingerprint density at radius 1 is 0.931 bits per heavy atom. The summed E-state index contributed by atoms with van der Waals surface area (Å²) in [5.41, 5.74) is 10.6. The van der Waals surface area contributed by atoms with E-state index >= 15 is 0 Å². The summed E-state index contributed by atoms with van der Waals surface area (Å²) in [6.07, 6.45) is 5.63. The molecule has 0 radical (unpaired) electrons. The average Bonchev–Trinajstić information content (AvgIpc) is 3.14. The Morgan fingerprint density at radius 2 is 1.66 bits per heavy atom. The first kappa shape index (κ1) is 22.3. The van der Waals surface area contributed by atoms with Crippen LogP contribution in [0.5, 0.6) is 0 Å². The molecule has 0 aliphatic heterocycles. The number of rotatable bonds is 4. The van der Waals surface area contributed by atoms with Crippen LogP contribution in [-0.4, -0.2) is 11.4 Å². The maximum absolute atomic E-state index is 5.46. The van der Waals surface area contributed by atoms with Crippen molar-refractivity contribution < 1.29 is 0 Å². The lowest BCUT2D eigenvalue weighted by atomic mass is 10.2. The summed E-state index contributed by atoms with van der Waals surface area (Å²) in [5, 5.41) is 1.29. The number of nitrogen functional groups attached to an aromatic ring is 1. The minimum Gasteiger partial charge on any atom is -0.399 e. The zero-order valence-corrected chi connectivity index (χ0v) is 18.6. The number of hydrogen-bond acceptors (Lipinski definition) is 4. The van der Waals surface area contributed by atoms with Gasteiger partial charge in [0.25, 0.3) is 0 Å². The second-order valence-electron chi connectivity index (χ2n) is 6.79. The van der Waals surface area contributed by atoms with Gasteiger partial charge in [-0.2, -0.15) is 0 Å². The number of allylic oxidation sites excluding steroid dienone is 2. The normalized spacial score (nSPS) is 12.9. The number of benzene rings is 2. The summed E-state index contributed by atoms with van der Waals surface area (Å²) in [6.45, 7) is 10.0. The van der Waals surface area contributed by atoms with Gasteiger partial charge in [-0.25, -0.2) is 0 Å². The first-order chi connectivity index (χ1) is 13.9. The molecule has 0 amide bonds. The van der Waals surface area contributed by atoms with Crippen molar-refractivity contribution in [1.82, 2.24) is 0 Å². The molecular weight excluding hydrogens is 374 g/mol. The monoisotopic (exact) mass is 403 g/mol. The Morgan fingerprint density at radius 3 is 2.28 bits per heavy atom. The Balaban J connectivity index is 0.000000313. The number of thiophene rings is 1. The van der Waals surface area contributed by atoms with Gasteiger partial charge in [0.2, 0.25) is 0 Å². The van der Waals surface area contributed by atoms with Crippen LogP contribution >= 0.6 is 11.3 Å². The van der Waals surface area contributed by atoms with Crippen LogP contribution in [0.1, 0.15) is 38.1 Å². The highest BCUT2D eigenvalue weighted by molar-refractivity contribution is 7.20. The van der Waals surface area contributed by atoms with Crippen LogP contribution in [0.25, 0.3) is 15.7 Å². The third-order valence-corrected chi connectivity index (χ3v) is 5.50. The van der Waals surface area contributed by atoms with E-state index in [0.717, 1.165) is 17.1 Å². The van der Waals surface area contributed by atoms with Crippen LogP contribution in [0.4, 0.5) is 5.69 Å². The van der Waals surface area contributed by atoms with Gasteiger partial charge >= 0.3 is 0 Å². The lowest BCUT2D eigenvalue weighted by Gasteiger charge is -1.97. The molecular formula is C25H29N3S. The van der Waals surface area contributed by atoms with Crippen molar-refractivity contribution in [2.24, 2.45) is 9.98 Å². The summed E-state index contributed by atoms with van der Waals surface area (Å²) in [6, 6.07) is 18.5. The smallest absolute Gasteiger partial charge is 0.0584 e.